The molecule has 0 aromatic heterocycles. The quantitative estimate of drug-likeness (QED) is 0.832. The fourth-order valence-corrected chi connectivity index (χ4v) is 2.43. The fourth-order valence-electron chi connectivity index (χ4n) is 2.43. The Morgan fingerprint density at radius 2 is 1.94 bits per heavy atom. The van der Waals surface area contributed by atoms with Crippen LogP contribution in [0.1, 0.15) is 37.7 Å². The number of benzene rings is 1. The van der Waals surface area contributed by atoms with Crippen LogP contribution >= 0.6 is 0 Å². The molecule has 0 bridgehead atoms. The number of nitrogens with two attached hydrogens (primary N) is 1. The molecular weight excluding hydrogens is 226 g/mol. The summed E-state index contributed by atoms with van der Waals surface area (Å²) in [4.78, 5) is 12.2. The van der Waals surface area contributed by atoms with Crippen LogP contribution in [-0.2, 0) is 9.53 Å². The van der Waals surface area contributed by atoms with Crippen molar-refractivity contribution in [2.45, 2.75) is 32.1 Å². The maximum Gasteiger partial charge on any atom is 0.136 e. The van der Waals surface area contributed by atoms with Gasteiger partial charge in [-0.3, -0.25) is 4.79 Å². The van der Waals surface area contributed by atoms with E-state index in [2.05, 4.69) is 6.92 Å². The molecule has 0 radical (unpaired) electrons. The Bertz CT molecular complexity index is 393. The van der Waals surface area contributed by atoms with Gasteiger partial charge in [0.25, 0.3) is 0 Å². The Balaban J connectivity index is 1.91. The zero-order valence-electron chi connectivity index (χ0n) is 10.9. The number of hydrogen-bond acceptors (Lipinski definition) is 3. The molecule has 3 heteroatoms. The Hall–Kier alpha value is -1.35. The Labute approximate surface area is 108 Å². The van der Waals surface area contributed by atoms with Crippen LogP contribution in [0.4, 0.5) is 5.69 Å². The maximum atomic E-state index is 12.2. The lowest BCUT2D eigenvalue weighted by Gasteiger charge is -2.22. The Morgan fingerprint density at radius 3 is 2.56 bits per heavy atom. The molecule has 1 heterocycles. The molecule has 1 atom stereocenters. The van der Waals surface area contributed by atoms with E-state index in [-0.39, 0.29) is 11.8 Å². The largest absolute Gasteiger partial charge is 0.399 e. The first kappa shape index (κ1) is 13.1. The van der Waals surface area contributed by atoms with Crippen LogP contribution < -0.4 is 5.73 Å². The summed E-state index contributed by atoms with van der Waals surface area (Å²) in [6.07, 6.45) is 2.38. The highest BCUT2D eigenvalue weighted by molar-refractivity contribution is 5.81. The van der Waals surface area contributed by atoms with Crippen LogP contribution in [0.15, 0.2) is 24.3 Å². The normalized spacial score (nSPS) is 18.5. The first-order valence-corrected chi connectivity index (χ1v) is 6.62. The van der Waals surface area contributed by atoms with Crippen molar-refractivity contribution in [2.75, 3.05) is 18.9 Å². The fraction of sp³-hybridized carbons (Fsp3) is 0.533. The molecule has 1 aromatic carbocycles. The summed E-state index contributed by atoms with van der Waals surface area (Å²) < 4.78 is 5.29. The van der Waals surface area contributed by atoms with Gasteiger partial charge in [-0.05, 0) is 36.5 Å². The van der Waals surface area contributed by atoms with E-state index in [1.165, 1.54) is 5.56 Å². The standard InChI is InChI=1S/C15H21NO2/c1-11(12-2-4-14(16)5-3-12)10-15(17)13-6-8-18-9-7-13/h2-5,11,13H,6-10,16H2,1H3. The molecule has 1 unspecified atom stereocenters. The van der Waals surface area contributed by atoms with Gasteiger partial charge < -0.3 is 10.5 Å². The SMILES string of the molecule is CC(CC(=O)C1CCOCC1)c1ccc(N)cc1. The number of nitrogen functional groups attached to an aromatic ring is 1. The lowest BCUT2D eigenvalue weighted by Crippen LogP contribution is -2.24. The summed E-state index contributed by atoms with van der Waals surface area (Å²) in [5, 5.41) is 0. The number of rotatable bonds is 4. The van der Waals surface area contributed by atoms with Crippen molar-refractivity contribution in [3.05, 3.63) is 29.8 Å². The molecular formula is C15H21NO2. The second kappa shape index (κ2) is 6.01. The number of carbonyl (C=O) groups excluding carboxylic acids is 1. The predicted molar refractivity (Wildman–Crippen MR) is 72.4 cm³/mol. The van der Waals surface area contributed by atoms with Gasteiger partial charge in [-0.2, -0.15) is 0 Å². The van der Waals surface area contributed by atoms with E-state index in [9.17, 15) is 4.79 Å². The predicted octanol–water partition coefficient (Wildman–Crippen LogP) is 2.76. The average molecular weight is 247 g/mol. The Morgan fingerprint density at radius 1 is 1.33 bits per heavy atom. The summed E-state index contributed by atoms with van der Waals surface area (Å²) in [5.41, 5.74) is 7.61. The second-order valence-corrected chi connectivity index (χ2v) is 5.12. The van der Waals surface area contributed by atoms with Crippen molar-refractivity contribution >= 4 is 11.5 Å². The van der Waals surface area contributed by atoms with E-state index in [0.717, 1.165) is 31.7 Å². The summed E-state index contributed by atoms with van der Waals surface area (Å²) in [6, 6.07) is 7.81. The smallest absolute Gasteiger partial charge is 0.136 e. The zero-order chi connectivity index (χ0) is 13.0. The summed E-state index contributed by atoms with van der Waals surface area (Å²) >= 11 is 0. The van der Waals surface area contributed by atoms with Crippen LogP contribution in [0, 0.1) is 5.92 Å². The second-order valence-electron chi connectivity index (χ2n) is 5.12. The zero-order valence-corrected chi connectivity index (χ0v) is 10.9. The Kier molecular flexibility index (Phi) is 4.37. The van der Waals surface area contributed by atoms with Gasteiger partial charge in [-0.15, -0.1) is 0 Å². The van der Waals surface area contributed by atoms with Gasteiger partial charge in [0, 0.05) is 31.2 Å². The number of ether oxygens (including phenoxy) is 1. The third-order valence-electron chi connectivity index (χ3n) is 3.69. The van der Waals surface area contributed by atoms with E-state index in [0.29, 0.717) is 12.2 Å². The van der Waals surface area contributed by atoms with Gasteiger partial charge in [-0.25, -0.2) is 0 Å². The molecule has 1 aliphatic rings. The highest BCUT2D eigenvalue weighted by Gasteiger charge is 2.23. The minimum atomic E-state index is 0.204. The lowest BCUT2D eigenvalue weighted by atomic mass is 9.87. The van der Waals surface area contributed by atoms with E-state index >= 15 is 0 Å². The number of ketones is 1. The number of Topliss-reactive ketones (excluding diaryl/α,β-unsaturated/α-hetero) is 1. The lowest BCUT2D eigenvalue weighted by molar-refractivity contribution is -0.126. The molecule has 98 valence electrons. The molecule has 0 spiro atoms. The van der Waals surface area contributed by atoms with Gasteiger partial charge in [0.1, 0.15) is 5.78 Å². The molecule has 1 saturated heterocycles. The topological polar surface area (TPSA) is 52.3 Å². The molecule has 0 amide bonds. The molecule has 2 N–H and O–H groups in total. The summed E-state index contributed by atoms with van der Waals surface area (Å²) in [5.74, 6) is 0.846. The molecule has 18 heavy (non-hydrogen) atoms. The first-order valence-electron chi connectivity index (χ1n) is 6.62. The molecule has 0 saturated carbocycles. The molecule has 3 nitrogen and oxygen atoms in total. The van der Waals surface area contributed by atoms with Crippen molar-refractivity contribution in [3.63, 3.8) is 0 Å². The molecule has 1 aromatic rings. The molecule has 0 aliphatic carbocycles. The monoisotopic (exact) mass is 247 g/mol. The van der Waals surface area contributed by atoms with Gasteiger partial charge >= 0.3 is 0 Å². The van der Waals surface area contributed by atoms with Crippen LogP contribution in [0.5, 0.6) is 0 Å². The third kappa shape index (κ3) is 3.33. The number of anilines is 1. The number of carbonyl (C=O) groups is 1. The van der Waals surface area contributed by atoms with Crippen LogP contribution in [0.3, 0.4) is 0 Å². The third-order valence-corrected chi connectivity index (χ3v) is 3.69. The van der Waals surface area contributed by atoms with E-state index in [1.807, 2.05) is 24.3 Å². The average Bonchev–Trinajstić information content (AvgIpc) is 2.40. The van der Waals surface area contributed by atoms with Crippen molar-refractivity contribution in [3.8, 4) is 0 Å². The van der Waals surface area contributed by atoms with Crippen molar-refractivity contribution in [1.82, 2.24) is 0 Å². The minimum absolute atomic E-state index is 0.204. The van der Waals surface area contributed by atoms with Gasteiger partial charge in [0.2, 0.25) is 0 Å². The molecule has 2 rings (SSSR count). The van der Waals surface area contributed by atoms with Gasteiger partial charge in [0.15, 0.2) is 0 Å². The minimum Gasteiger partial charge on any atom is -0.399 e. The van der Waals surface area contributed by atoms with Crippen LogP contribution in [0.2, 0.25) is 0 Å². The van der Waals surface area contributed by atoms with Crippen LogP contribution in [0.25, 0.3) is 0 Å². The molecule has 1 fully saturated rings. The highest BCUT2D eigenvalue weighted by atomic mass is 16.5. The molecule has 1 aliphatic heterocycles. The number of hydrogen-bond donors (Lipinski definition) is 1. The van der Waals surface area contributed by atoms with Gasteiger partial charge in [0.05, 0.1) is 0 Å². The van der Waals surface area contributed by atoms with Crippen LogP contribution in [-0.4, -0.2) is 19.0 Å². The van der Waals surface area contributed by atoms with Crippen molar-refractivity contribution in [1.29, 1.82) is 0 Å². The van der Waals surface area contributed by atoms with E-state index in [4.69, 9.17) is 10.5 Å². The van der Waals surface area contributed by atoms with E-state index < -0.39 is 0 Å². The van der Waals surface area contributed by atoms with Crippen molar-refractivity contribution in [2.24, 2.45) is 5.92 Å². The maximum absolute atomic E-state index is 12.2. The highest BCUT2D eigenvalue weighted by Crippen LogP contribution is 2.25. The van der Waals surface area contributed by atoms with Gasteiger partial charge in [-0.1, -0.05) is 19.1 Å². The first-order chi connectivity index (χ1) is 8.66. The van der Waals surface area contributed by atoms with Crippen molar-refractivity contribution < 1.29 is 9.53 Å². The summed E-state index contributed by atoms with van der Waals surface area (Å²) in [6.45, 7) is 3.56. The summed E-state index contributed by atoms with van der Waals surface area (Å²) in [7, 11) is 0. The van der Waals surface area contributed by atoms with E-state index in [1.54, 1.807) is 0 Å².